The number of anilines is 2. The van der Waals surface area contributed by atoms with Crippen LogP contribution in [0.5, 0.6) is 0 Å². The molecule has 0 spiro atoms. The van der Waals surface area contributed by atoms with Gasteiger partial charge in [0.25, 0.3) is 5.56 Å². The number of aryl methyl sites for hydroxylation is 2. The second kappa shape index (κ2) is 9.29. The van der Waals surface area contributed by atoms with E-state index in [4.69, 9.17) is 19.4 Å². The summed E-state index contributed by atoms with van der Waals surface area (Å²) in [6.45, 7) is 8.88. The third-order valence-corrected chi connectivity index (χ3v) is 7.34. The molecule has 9 nitrogen and oxygen atoms in total. The summed E-state index contributed by atoms with van der Waals surface area (Å²) in [5, 5.41) is 0.597. The van der Waals surface area contributed by atoms with E-state index < -0.39 is 5.41 Å². The number of fused-ring (bicyclic) bond motifs is 2. The SMILES string of the molecule is COC[C@H]1CN(c2ccc3c(=O)n(CCc4ccc5c(n4)N(C)C(=O)C5(C)C)c(C)nc3c2)CCO1. The number of hydrogen-bond acceptors (Lipinski definition) is 7. The first-order chi connectivity index (χ1) is 17.2. The van der Waals surface area contributed by atoms with Crippen molar-refractivity contribution in [2.45, 2.75) is 45.3 Å². The van der Waals surface area contributed by atoms with Crippen molar-refractivity contribution in [3.05, 3.63) is 57.8 Å². The fraction of sp³-hybridized carbons (Fsp3) is 0.481. The molecule has 0 unspecified atom stereocenters. The van der Waals surface area contributed by atoms with Gasteiger partial charge in [-0.15, -0.1) is 0 Å². The smallest absolute Gasteiger partial charge is 0.261 e. The van der Waals surface area contributed by atoms with Crippen molar-refractivity contribution in [2.75, 3.05) is 50.3 Å². The molecule has 3 aromatic rings. The third kappa shape index (κ3) is 4.16. The summed E-state index contributed by atoms with van der Waals surface area (Å²) in [6, 6.07) is 9.77. The van der Waals surface area contributed by atoms with Gasteiger partial charge in [0.15, 0.2) is 0 Å². The van der Waals surface area contributed by atoms with Gasteiger partial charge in [0.05, 0.1) is 35.6 Å². The Balaban J connectivity index is 1.37. The van der Waals surface area contributed by atoms with E-state index in [0.29, 0.717) is 48.7 Å². The van der Waals surface area contributed by atoms with Gasteiger partial charge in [0.1, 0.15) is 11.6 Å². The minimum Gasteiger partial charge on any atom is -0.382 e. The predicted octanol–water partition coefficient (Wildman–Crippen LogP) is 2.45. The average Bonchev–Trinajstić information content (AvgIpc) is 3.03. The highest BCUT2D eigenvalue weighted by Gasteiger charge is 2.43. The molecule has 0 radical (unpaired) electrons. The number of methoxy groups -OCH3 is 1. The molecule has 4 heterocycles. The largest absolute Gasteiger partial charge is 0.382 e. The van der Waals surface area contributed by atoms with Gasteiger partial charge in [0.2, 0.25) is 5.91 Å². The highest BCUT2D eigenvalue weighted by Crippen LogP contribution is 2.39. The van der Waals surface area contributed by atoms with Gasteiger partial charge >= 0.3 is 0 Å². The summed E-state index contributed by atoms with van der Waals surface area (Å²) in [5.74, 6) is 1.41. The number of nitrogens with zero attached hydrogens (tertiary/aromatic N) is 5. The van der Waals surface area contributed by atoms with Gasteiger partial charge in [-0.25, -0.2) is 9.97 Å². The second-order valence-corrected chi connectivity index (χ2v) is 10.1. The first-order valence-electron chi connectivity index (χ1n) is 12.4. The summed E-state index contributed by atoms with van der Waals surface area (Å²) >= 11 is 0. The topological polar surface area (TPSA) is 89.8 Å². The number of aromatic nitrogens is 3. The molecule has 1 saturated heterocycles. The summed E-state index contributed by atoms with van der Waals surface area (Å²) < 4.78 is 12.7. The standard InChI is InChI=1S/C27H33N5O4/c1-17-28-23-14-19(31-12-13-36-20(15-31)16-35-5)7-8-21(23)25(33)32(17)11-10-18-6-9-22-24(29-18)30(4)26(34)27(22,2)3/h6-9,14,20H,10-13,15-16H2,1-5H3/t20-/m1/s1. The minimum absolute atomic E-state index is 0.0268. The van der Waals surface area contributed by atoms with Crippen LogP contribution in [0.3, 0.4) is 0 Å². The second-order valence-electron chi connectivity index (χ2n) is 10.1. The summed E-state index contributed by atoms with van der Waals surface area (Å²) in [4.78, 5) is 39.3. The summed E-state index contributed by atoms with van der Waals surface area (Å²) in [5.41, 5.74) is 2.86. The number of likely N-dealkylation sites (N-methyl/N-ethyl adjacent to an activating group) is 1. The Morgan fingerprint density at radius 2 is 1.97 bits per heavy atom. The van der Waals surface area contributed by atoms with Crippen LogP contribution >= 0.6 is 0 Å². The quantitative estimate of drug-likeness (QED) is 0.523. The van der Waals surface area contributed by atoms with Gasteiger partial charge in [-0.05, 0) is 45.0 Å². The van der Waals surface area contributed by atoms with E-state index in [0.717, 1.165) is 30.0 Å². The van der Waals surface area contributed by atoms with E-state index in [1.54, 1.807) is 23.6 Å². The van der Waals surface area contributed by atoms with Crippen molar-refractivity contribution in [1.82, 2.24) is 14.5 Å². The van der Waals surface area contributed by atoms with E-state index in [9.17, 15) is 9.59 Å². The summed E-state index contributed by atoms with van der Waals surface area (Å²) in [6.07, 6.45) is 0.593. The van der Waals surface area contributed by atoms with E-state index in [2.05, 4.69) is 4.90 Å². The molecule has 0 N–H and O–H groups in total. The van der Waals surface area contributed by atoms with Crippen molar-refractivity contribution in [3.8, 4) is 0 Å². The molecule has 36 heavy (non-hydrogen) atoms. The van der Waals surface area contributed by atoms with Crippen molar-refractivity contribution in [3.63, 3.8) is 0 Å². The van der Waals surface area contributed by atoms with Gasteiger partial charge in [0, 0.05) is 57.2 Å². The maximum atomic E-state index is 13.4. The molecule has 5 rings (SSSR count). The Labute approximate surface area is 210 Å². The molecular weight excluding hydrogens is 458 g/mol. The number of carbonyl (C=O) groups excluding carboxylic acids is 1. The first kappa shape index (κ1) is 24.4. The normalized spacial score (nSPS) is 19.2. The lowest BCUT2D eigenvalue weighted by molar-refractivity contribution is -0.121. The number of benzene rings is 1. The zero-order valence-corrected chi connectivity index (χ0v) is 21.6. The van der Waals surface area contributed by atoms with Crippen LogP contribution in [-0.2, 0) is 32.6 Å². The van der Waals surface area contributed by atoms with Crippen LogP contribution < -0.4 is 15.4 Å². The van der Waals surface area contributed by atoms with Crippen LogP contribution in [-0.4, -0.2) is 67.0 Å². The maximum absolute atomic E-state index is 13.4. The molecule has 0 saturated carbocycles. The molecule has 2 aliphatic heterocycles. The first-order valence-corrected chi connectivity index (χ1v) is 12.4. The molecule has 2 aliphatic rings. The number of ether oxygens (including phenoxy) is 2. The maximum Gasteiger partial charge on any atom is 0.261 e. The van der Waals surface area contributed by atoms with E-state index in [-0.39, 0.29) is 17.6 Å². The van der Waals surface area contributed by atoms with Crippen molar-refractivity contribution < 1.29 is 14.3 Å². The minimum atomic E-state index is -0.573. The van der Waals surface area contributed by atoms with Crippen LogP contribution in [0.25, 0.3) is 10.9 Å². The van der Waals surface area contributed by atoms with Gasteiger partial charge in [-0.1, -0.05) is 6.07 Å². The lowest BCUT2D eigenvalue weighted by atomic mass is 9.87. The summed E-state index contributed by atoms with van der Waals surface area (Å²) in [7, 11) is 3.44. The van der Waals surface area contributed by atoms with E-state index in [1.165, 1.54) is 0 Å². The average molecular weight is 492 g/mol. The number of rotatable bonds is 6. The van der Waals surface area contributed by atoms with Crippen LogP contribution in [0, 0.1) is 6.92 Å². The lowest BCUT2D eigenvalue weighted by Gasteiger charge is -2.34. The number of morpholine rings is 1. The van der Waals surface area contributed by atoms with Gasteiger partial charge < -0.3 is 14.4 Å². The van der Waals surface area contributed by atoms with E-state index in [1.807, 2.05) is 51.1 Å². The van der Waals surface area contributed by atoms with Crippen molar-refractivity contribution >= 4 is 28.3 Å². The number of hydrogen-bond donors (Lipinski definition) is 0. The molecule has 1 amide bonds. The predicted molar refractivity (Wildman–Crippen MR) is 139 cm³/mol. The Morgan fingerprint density at radius 3 is 2.75 bits per heavy atom. The molecule has 2 aromatic heterocycles. The number of pyridine rings is 1. The molecular formula is C27H33N5O4. The lowest BCUT2D eigenvalue weighted by Crippen LogP contribution is -2.44. The Morgan fingerprint density at radius 1 is 1.17 bits per heavy atom. The fourth-order valence-electron chi connectivity index (χ4n) is 5.25. The molecule has 190 valence electrons. The monoisotopic (exact) mass is 491 g/mol. The number of amides is 1. The molecule has 9 heteroatoms. The zero-order chi connectivity index (χ0) is 25.6. The van der Waals surface area contributed by atoms with Crippen LogP contribution in [0.2, 0.25) is 0 Å². The number of carbonyl (C=O) groups is 1. The van der Waals surface area contributed by atoms with Crippen LogP contribution in [0.1, 0.15) is 30.9 Å². The molecule has 1 aromatic carbocycles. The highest BCUT2D eigenvalue weighted by atomic mass is 16.5. The van der Waals surface area contributed by atoms with Crippen molar-refractivity contribution in [2.24, 2.45) is 0 Å². The Hall–Kier alpha value is -3.30. The van der Waals surface area contributed by atoms with Gasteiger partial charge in [-0.2, -0.15) is 0 Å². The third-order valence-electron chi connectivity index (χ3n) is 7.34. The van der Waals surface area contributed by atoms with Crippen LogP contribution in [0.4, 0.5) is 11.5 Å². The van der Waals surface area contributed by atoms with Crippen LogP contribution in [0.15, 0.2) is 35.1 Å². The molecule has 1 atom stereocenters. The molecule has 0 aliphatic carbocycles. The zero-order valence-electron chi connectivity index (χ0n) is 21.6. The Bertz CT molecular complexity index is 1380. The highest BCUT2D eigenvalue weighted by molar-refractivity contribution is 6.06. The fourth-order valence-corrected chi connectivity index (χ4v) is 5.25. The Kier molecular flexibility index (Phi) is 6.30. The van der Waals surface area contributed by atoms with Crippen molar-refractivity contribution in [1.29, 1.82) is 0 Å². The van der Waals surface area contributed by atoms with Gasteiger partial charge in [-0.3, -0.25) is 19.1 Å². The molecule has 0 bridgehead atoms. The molecule has 1 fully saturated rings. The van der Waals surface area contributed by atoms with E-state index >= 15 is 0 Å².